The van der Waals surface area contributed by atoms with Crippen LogP contribution in [0.5, 0.6) is 0 Å². The summed E-state index contributed by atoms with van der Waals surface area (Å²) in [5, 5.41) is 3.33. The molecule has 0 radical (unpaired) electrons. The first kappa shape index (κ1) is 8.55. The predicted molar refractivity (Wildman–Crippen MR) is 52.1 cm³/mol. The molecule has 0 aromatic carbocycles. The van der Waals surface area contributed by atoms with Crippen LogP contribution in [0, 0.1) is 17.3 Å². The molecule has 0 saturated heterocycles. The van der Waals surface area contributed by atoms with Gasteiger partial charge in [-0.3, -0.25) is 0 Å². The van der Waals surface area contributed by atoms with Crippen LogP contribution < -0.4 is 5.32 Å². The third-order valence-corrected chi connectivity index (χ3v) is 4.23. The molecule has 70 valence electrons. The molecule has 2 aliphatic rings. The summed E-state index contributed by atoms with van der Waals surface area (Å²) in [6, 6.07) is 0. The van der Waals surface area contributed by atoms with Gasteiger partial charge in [-0.1, -0.05) is 19.8 Å². The summed E-state index contributed by atoms with van der Waals surface area (Å²) in [4.78, 5) is 0. The molecule has 1 spiro atoms. The molecular formula is C11H21N. The van der Waals surface area contributed by atoms with Gasteiger partial charge < -0.3 is 5.32 Å². The zero-order valence-electron chi connectivity index (χ0n) is 8.40. The Morgan fingerprint density at radius 1 is 1.42 bits per heavy atom. The number of rotatable bonds is 3. The van der Waals surface area contributed by atoms with Crippen LogP contribution in [-0.4, -0.2) is 13.6 Å². The van der Waals surface area contributed by atoms with Gasteiger partial charge in [0.1, 0.15) is 0 Å². The lowest BCUT2D eigenvalue weighted by atomic mass is 9.88. The average Bonchev–Trinajstić information content (AvgIpc) is 2.61. The second-order valence-electron chi connectivity index (χ2n) is 4.69. The van der Waals surface area contributed by atoms with Crippen LogP contribution in [0.3, 0.4) is 0 Å². The molecule has 3 unspecified atom stereocenters. The topological polar surface area (TPSA) is 12.0 Å². The molecular weight excluding hydrogens is 146 g/mol. The molecule has 12 heavy (non-hydrogen) atoms. The lowest BCUT2D eigenvalue weighted by Gasteiger charge is -2.18. The van der Waals surface area contributed by atoms with E-state index in [-0.39, 0.29) is 0 Å². The van der Waals surface area contributed by atoms with Crippen LogP contribution in [0.4, 0.5) is 0 Å². The van der Waals surface area contributed by atoms with Crippen LogP contribution in [0.15, 0.2) is 0 Å². The molecule has 2 fully saturated rings. The zero-order valence-corrected chi connectivity index (χ0v) is 8.40. The zero-order chi connectivity index (χ0) is 8.60. The lowest BCUT2D eigenvalue weighted by molar-refractivity contribution is 0.319. The minimum atomic E-state index is 0.817. The Bertz CT molecular complexity index is 166. The van der Waals surface area contributed by atoms with Gasteiger partial charge in [0.05, 0.1) is 0 Å². The fraction of sp³-hybridized carbons (Fsp3) is 1.00. The van der Waals surface area contributed by atoms with Crippen molar-refractivity contribution in [3.63, 3.8) is 0 Å². The second-order valence-corrected chi connectivity index (χ2v) is 4.69. The molecule has 0 heterocycles. The third kappa shape index (κ3) is 1.10. The lowest BCUT2D eigenvalue weighted by Crippen LogP contribution is -2.17. The first-order chi connectivity index (χ1) is 5.83. The molecule has 0 aromatic heterocycles. The molecule has 0 aromatic rings. The van der Waals surface area contributed by atoms with Gasteiger partial charge in [0, 0.05) is 0 Å². The summed E-state index contributed by atoms with van der Waals surface area (Å²) < 4.78 is 0. The van der Waals surface area contributed by atoms with Crippen LogP contribution >= 0.6 is 0 Å². The van der Waals surface area contributed by atoms with E-state index in [2.05, 4.69) is 19.3 Å². The van der Waals surface area contributed by atoms with Gasteiger partial charge in [-0.15, -0.1) is 0 Å². The Kier molecular flexibility index (Phi) is 2.16. The van der Waals surface area contributed by atoms with Crippen molar-refractivity contribution in [2.24, 2.45) is 17.3 Å². The van der Waals surface area contributed by atoms with E-state index in [9.17, 15) is 0 Å². The maximum absolute atomic E-state index is 3.33. The Labute approximate surface area is 75.9 Å². The van der Waals surface area contributed by atoms with E-state index < -0.39 is 0 Å². The molecule has 2 aliphatic carbocycles. The Morgan fingerprint density at radius 3 is 2.92 bits per heavy atom. The van der Waals surface area contributed by atoms with E-state index in [0.717, 1.165) is 17.3 Å². The summed E-state index contributed by atoms with van der Waals surface area (Å²) in [5.74, 6) is 2.09. The maximum Gasteiger partial charge on any atom is -0.00179 e. The van der Waals surface area contributed by atoms with Crippen molar-refractivity contribution in [2.75, 3.05) is 13.6 Å². The minimum Gasteiger partial charge on any atom is -0.319 e. The van der Waals surface area contributed by atoms with Crippen molar-refractivity contribution in [2.45, 2.75) is 39.0 Å². The molecule has 2 rings (SSSR count). The summed E-state index contributed by atoms with van der Waals surface area (Å²) in [7, 11) is 2.09. The van der Waals surface area contributed by atoms with E-state index in [1.165, 1.54) is 38.6 Å². The fourth-order valence-electron chi connectivity index (χ4n) is 3.51. The van der Waals surface area contributed by atoms with Crippen LogP contribution in [0.25, 0.3) is 0 Å². The summed E-state index contributed by atoms with van der Waals surface area (Å²) in [6.45, 7) is 3.63. The summed E-state index contributed by atoms with van der Waals surface area (Å²) in [6.07, 6.45) is 7.47. The summed E-state index contributed by atoms with van der Waals surface area (Å²) in [5.41, 5.74) is 0.817. The van der Waals surface area contributed by atoms with Gasteiger partial charge in [-0.2, -0.15) is 0 Å². The SMILES string of the molecule is CCC1CCCC12CC2CNC. The Balaban J connectivity index is 1.95. The Hall–Kier alpha value is -0.0400. The predicted octanol–water partition coefficient (Wildman–Crippen LogP) is 2.42. The highest BCUT2D eigenvalue weighted by Gasteiger charge is 2.58. The van der Waals surface area contributed by atoms with E-state index in [1.807, 2.05) is 0 Å². The fourth-order valence-corrected chi connectivity index (χ4v) is 3.51. The second kappa shape index (κ2) is 3.02. The molecule has 2 saturated carbocycles. The highest BCUT2D eigenvalue weighted by molar-refractivity contribution is 5.09. The number of hydrogen-bond acceptors (Lipinski definition) is 1. The van der Waals surface area contributed by atoms with Gasteiger partial charge in [0.2, 0.25) is 0 Å². The number of hydrogen-bond donors (Lipinski definition) is 1. The first-order valence-corrected chi connectivity index (χ1v) is 5.48. The molecule has 3 atom stereocenters. The molecule has 1 N–H and O–H groups in total. The smallest absolute Gasteiger partial charge is 0.00179 e. The molecule has 0 amide bonds. The highest BCUT2D eigenvalue weighted by atomic mass is 14.9. The standard InChI is InChI=1S/C11H21N/c1-3-9-5-4-6-11(9)7-10(11)8-12-2/h9-10,12H,3-8H2,1-2H3. The van der Waals surface area contributed by atoms with E-state index in [0.29, 0.717) is 0 Å². The van der Waals surface area contributed by atoms with Crippen molar-refractivity contribution >= 4 is 0 Å². The van der Waals surface area contributed by atoms with Crippen molar-refractivity contribution in [3.05, 3.63) is 0 Å². The minimum absolute atomic E-state index is 0.817. The first-order valence-electron chi connectivity index (χ1n) is 5.48. The quantitative estimate of drug-likeness (QED) is 0.680. The number of nitrogens with one attached hydrogen (secondary N) is 1. The average molecular weight is 167 g/mol. The Morgan fingerprint density at radius 2 is 2.25 bits per heavy atom. The van der Waals surface area contributed by atoms with E-state index >= 15 is 0 Å². The van der Waals surface area contributed by atoms with Gasteiger partial charge in [-0.05, 0) is 50.1 Å². The van der Waals surface area contributed by atoms with Crippen molar-refractivity contribution < 1.29 is 0 Å². The molecule has 1 nitrogen and oxygen atoms in total. The molecule has 0 bridgehead atoms. The summed E-state index contributed by atoms with van der Waals surface area (Å²) >= 11 is 0. The third-order valence-electron chi connectivity index (χ3n) is 4.23. The van der Waals surface area contributed by atoms with Gasteiger partial charge >= 0.3 is 0 Å². The van der Waals surface area contributed by atoms with Crippen LogP contribution in [-0.2, 0) is 0 Å². The van der Waals surface area contributed by atoms with Gasteiger partial charge in [-0.25, -0.2) is 0 Å². The van der Waals surface area contributed by atoms with E-state index in [1.54, 1.807) is 0 Å². The monoisotopic (exact) mass is 167 g/mol. The van der Waals surface area contributed by atoms with Gasteiger partial charge in [0.15, 0.2) is 0 Å². The maximum atomic E-state index is 3.33. The molecule has 1 heteroatoms. The van der Waals surface area contributed by atoms with Crippen molar-refractivity contribution in [1.82, 2.24) is 5.32 Å². The van der Waals surface area contributed by atoms with Crippen molar-refractivity contribution in [3.8, 4) is 0 Å². The van der Waals surface area contributed by atoms with Crippen LogP contribution in [0.2, 0.25) is 0 Å². The van der Waals surface area contributed by atoms with Crippen LogP contribution in [0.1, 0.15) is 39.0 Å². The largest absolute Gasteiger partial charge is 0.319 e. The highest BCUT2D eigenvalue weighted by Crippen LogP contribution is 2.66. The van der Waals surface area contributed by atoms with E-state index in [4.69, 9.17) is 0 Å². The van der Waals surface area contributed by atoms with Gasteiger partial charge in [0.25, 0.3) is 0 Å². The van der Waals surface area contributed by atoms with Crippen molar-refractivity contribution in [1.29, 1.82) is 0 Å². The normalized spacial score (nSPS) is 45.5. The molecule has 0 aliphatic heterocycles.